The molecule has 0 fully saturated rings. The maximum absolute atomic E-state index is 11.6. The zero-order valence-electron chi connectivity index (χ0n) is 10.2. The number of nitrogens with two attached hydrogens (primary N) is 1. The molecule has 1 rings (SSSR count). The van der Waals surface area contributed by atoms with E-state index in [1.807, 2.05) is 12.1 Å². The first-order valence-corrected chi connectivity index (χ1v) is 6.27. The Balaban J connectivity index is 3.54. The minimum absolute atomic E-state index is 0.289. The van der Waals surface area contributed by atoms with Crippen molar-refractivity contribution < 1.29 is 4.79 Å². The number of carbonyl (C=O) groups is 1. The van der Waals surface area contributed by atoms with E-state index in [1.165, 1.54) is 0 Å². The zero-order chi connectivity index (χ0) is 12.5. The van der Waals surface area contributed by atoms with Gasteiger partial charge in [-0.1, -0.05) is 43.6 Å². The van der Waals surface area contributed by atoms with Crippen LogP contribution in [0.5, 0.6) is 0 Å². The second-order valence-electron chi connectivity index (χ2n) is 4.63. The number of hydrogen-bond acceptors (Lipinski definition) is 1. The molecular weight excluding hydrogens is 266 g/mol. The zero-order valence-corrected chi connectivity index (χ0v) is 11.8. The van der Waals surface area contributed by atoms with Gasteiger partial charge >= 0.3 is 0 Å². The lowest BCUT2D eigenvalue weighted by molar-refractivity contribution is 0.0998. The van der Waals surface area contributed by atoms with Crippen LogP contribution in [0.4, 0.5) is 0 Å². The van der Waals surface area contributed by atoms with Crippen molar-refractivity contribution in [3.63, 3.8) is 0 Å². The highest BCUT2D eigenvalue weighted by atomic mass is 79.9. The van der Waals surface area contributed by atoms with E-state index in [4.69, 9.17) is 5.73 Å². The fourth-order valence-electron chi connectivity index (χ4n) is 1.84. The molecule has 1 aromatic rings. The maximum atomic E-state index is 11.6. The number of hydrogen-bond donors (Lipinski definition) is 1. The number of rotatable bonds is 3. The van der Waals surface area contributed by atoms with Crippen molar-refractivity contribution in [2.45, 2.75) is 39.5 Å². The summed E-state index contributed by atoms with van der Waals surface area (Å²) in [6.45, 7) is 8.27. The van der Waals surface area contributed by atoms with Gasteiger partial charge in [-0.05, 0) is 35.1 Å². The van der Waals surface area contributed by atoms with Crippen molar-refractivity contribution >= 4 is 21.8 Å². The first-order chi connectivity index (χ1) is 7.34. The molecule has 88 valence electrons. The van der Waals surface area contributed by atoms with Gasteiger partial charge in [0.25, 0.3) is 0 Å². The lowest BCUT2D eigenvalue weighted by Gasteiger charge is -2.18. The van der Waals surface area contributed by atoms with Gasteiger partial charge in [0.2, 0.25) is 5.91 Å². The predicted molar refractivity (Wildman–Crippen MR) is 70.8 cm³/mol. The largest absolute Gasteiger partial charge is 0.366 e. The Morgan fingerprint density at radius 2 is 1.50 bits per heavy atom. The third kappa shape index (κ3) is 2.64. The van der Waals surface area contributed by atoms with E-state index in [0.717, 1.165) is 15.6 Å². The Hall–Kier alpha value is -0.830. The highest BCUT2D eigenvalue weighted by Gasteiger charge is 2.18. The first kappa shape index (κ1) is 13.2. The average Bonchev–Trinajstić information content (AvgIpc) is 2.15. The predicted octanol–water partition coefficient (Wildman–Crippen LogP) is 3.79. The van der Waals surface area contributed by atoms with Crippen molar-refractivity contribution in [3.05, 3.63) is 33.3 Å². The fourth-order valence-corrected chi connectivity index (χ4v) is 2.34. The quantitative estimate of drug-likeness (QED) is 0.901. The number of halogens is 1. The van der Waals surface area contributed by atoms with Crippen LogP contribution in [0.1, 0.15) is 61.0 Å². The molecule has 0 saturated heterocycles. The number of carbonyl (C=O) groups excluding carboxylic acids is 1. The Kier molecular flexibility index (Phi) is 4.14. The van der Waals surface area contributed by atoms with Gasteiger partial charge in [-0.2, -0.15) is 0 Å². The van der Waals surface area contributed by atoms with E-state index in [9.17, 15) is 4.79 Å². The van der Waals surface area contributed by atoms with Crippen molar-refractivity contribution in [3.8, 4) is 0 Å². The fraction of sp³-hybridized carbons (Fsp3) is 0.462. The molecule has 0 aliphatic rings. The van der Waals surface area contributed by atoms with Crippen LogP contribution >= 0.6 is 15.9 Å². The molecule has 0 saturated carbocycles. The van der Waals surface area contributed by atoms with Crippen LogP contribution in [0.3, 0.4) is 0 Å². The second kappa shape index (κ2) is 5.00. The average molecular weight is 284 g/mol. The van der Waals surface area contributed by atoms with Crippen LogP contribution in [-0.4, -0.2) is 5.91 Å². The highest BCUT2D eigenvalue weighted by molar-refractivity contribution is 9.10. The summed E-state index contributed by atoms with van der Waals surface area (Å²) in [5.74, 6) is 0.245. The molecule has 0 aliphatic carbocycles. The van der Waals surface area contributed by atoms with Gasteiger partial charge in [-0.15, -0.1) is 0 Å². The SMILES string of the molecule is CC(C)c1cc(Br)cc(C(C)C)c1C(N)=O. The van der Waals surface area contributed by atoms with Gasteiger partial charge in [0.1, 0.15) is 0 Å². The molecule has 2 nitrogen and oxygen atoms in total. The smallest absolute Gasteiger partial charge is 0.249 e. The summed E-state index contributed by atoms with van der Waals surface area (Å²) in [5, 5.41) is 0. The molecule has 0 heterocycles. The summed E-state index contributed by atoms with van der Waals surface area (Å²) in [4.78, 5) is 11.6. The normalized spacial score (nSPS) is 11.2. The Bertz CT molecular complexity index is 381. The Morgan fingerprint density at radius 3 is 1.75 bits per heavy atom. The Labute approximate surface area is 105 Å². The summed E-state index contributed by atoms with van der Waals surface area (Å²) in [6.07, 6.45) is 0. The summed E-state index contributed by atoms with van der Waals surface area (Å²) in [6, 6.07) is 3.97. The summed E-state index contributed by atoms with van der Waals surface area (Å²) in [5.41, 5.74) is 8.21. The van der Waals surface area contributed by atoms with Crippen LogP contribution < -0.4 is 5.73 Å². The molecular formula is C13H18BrNO. The standard InChI is InChI=1S/C13H18BrNO/c1-7(2)10-5-9(14)6-11(8(3)4)12(10)13(15)16/h5-8H,1-4H3,(H2,15,16). The molecule has 16 heavy (non-hydrogen) atoms. The third-order valence-electron chi connectivity index (χ3n) is 2.65. The van der Waals surface area contributed by atoms with E-state index in [-0.39, 0.29) is 17.7 Å². The molecule has 0 atom stereocenters. The molecule has 0 spiro atoms. The molecule has 3 heteroatoms. The van der Waals surface area contributed by atoms with Gasteiger partial charge in [0, 0.05) is 10.0 Å². The summed E-state index contributed by atoms with van der Waals surface area (Å²) < 4.78 is 1.00. The lowest BCUT2D eigenvalue weighted by Crippen LogP contribution is -2.18. The summed E-state index contributed by atoms with van der Waals surface area (Å²) >= 11 is 3.48. The van der Waals surface area contributed by atoms with E-state index < -0.39 is 0 Å². The number of primary amides is 1. The molecule has 0 unspecified atom stereocenters. The number of amides is 1. The minimum Gasteiger partial charge on any atom is -0.366 e. The van der Waals surface area contributed by atoms with Crippen molar-refractivity contribution in [2.24, 2.45) is 5.73 Å². The van der Waals surface area contributed by atoms with Gasteiger partial charge < -0.3 is 5.73 Å². The third-order valence-corrected chi connectivity index (χ3v) is 3.11. The van der Waals surface area contributed by atoms with Crippen molar-refractivity contribution in [1.82, 2.24) is 0 Å². The number of benzene rings is 1. The van der Waals surface area contributed by atoms with Gasteiger partial charge in [-0.25, -0.2) is 0 Å². The lowest BCUT2D eigenvalue weighted by atomic mass is 9.88. The molecule has 0 radical (unpaired) electrons. The van der Waals surface area contributed by atoms with Crippen molar-refractivity contribution in [2.75, 3.05) is 0 Å². The van der Waals surface area contributed by atoms with Gasteiger partial charge in [-0.3, -0.25) is 4.79 Å². The van der Waals surface area contributed by atoms with Crippen LogP contribution in [0, 0.1) is 0 Å². The van der Waals surface area contributed by atoms with Gasteiger partial charge in [0.05, 0.1) is 0 Å². The van der Waals surface area contributed by atoms with E-state index >= 15 is 0 Å². The molecule has 1 amide bonds. The maximum Gasteiger partial charge on any atom is 0.249 e. The molecule has 0 aromatic heterocycles. The first-order valence-electron chi connectivity index (χ1n) is 5.47. The van der Waals surface area contributed by atoms with Crippen LogP contribution in [0.25, 0.3) is 0 Å². The highest BCUT2D eigenvalue weighted by Crippen LogP contribution is 2.31. The van der Waals surface area contributed by atoms with Crippen molar-refractivity contribution in [1.29, 1.82) is 0 Å². The van der Waals surface area contributed by atoms with Crippen LogP contribution in [0.2, 0.25) is 0 Å². The van der Waals surface area contributed by atoms with E-state index in [1.54, 1.807) is 0 Å². The summed E-state index contributed by atoms with van der Waals surface area (Å²) in [7, 11) is 0. The van der Waals surface area contributed by atoms with Crippen LogP contribution in [0.15, 0.2) is 16.6 Å². The second-order valence-corrected chi connectivity index (χ2v) is 5.55. The van der Waals surface area contributed by atoms with E-state index in [2.05, 4.69) is 43.6 Å². The van der Waals surface area contributed by atoms with Crippen LogP contribution in [-0.2, 0) is 0 Å². The topological polar surface area (TPSA) is 43.1 Å². The molecule has 0 aliphatic heterocycles. The molecule has 0 bridgehead atoms. The van der Waals surface area contributed by atoms with E-state index in [0.29, 0.717) is 5.56 Å². The minimum atomic E-state index is -0.333. The Morgan fingerprint density at radius 1 is 1.12 bits per heavy atom. The van der Waals surface area contributed by atoms with Gasteiger partial charge in [0.15, 0.2) is 0 Å². The molecule has 1 aromatic carbocycles. The monoisotopic (exact) mass is 283 g/mol. The molecule has 2 N–H and O–H groups in total.